The van der Waals surface area contributed by atoms with Crippen molar-refractivity contribution in [1.29, 1.82) is 0 Å². The van der Waals surface area contributed by atoms with Crippen LogP contribution in [-0.4, -0.2) is 39.1 Å². The largest absolute Gasteiger partial charge is 0.399 e. The SMILES string of the molecule is Nc1ccc(NCCOS(=O)(=O)O)c(S(=O)(=O)O)c1. The molecule has 0 aliphatic carbocycles. The number of nitrogens with two attached hydrogens (primary N) is 1. The normalized spacial score (nSPS) is 12.3. The second-order valence-corrected chi connectivity index (χ2v) is 5.89. The first-order valence-electron chi connectivity index (χ1n) is 4.82. The lowest BCUT2D eigenvalue weighted by atomic mass is 10.3. The Labute approximate surface area is 110 Å². The molecule has 0 spiro atoms. The highest BCUT2D eigenvalue weighted by molar-refractivity contribution is 7.86. The zero-order valence-corrected chi connectivity index (χ0v) is 11.1. The molecule has 1 aromatic rings. The van der Waals surface area contributed by atoms with E-state index in [9.17, 15) is 16.8 Å². The molecule has 19 heavy (non-hydrogen) atoms. The fraction of sp³-hybridized carbons (Fsp3) is 0.250. The summed E-state index contributed by atoms with van der Waals surface area (Å²) in [5.41, 5.74) is 5.55. The summed E-state index contributed by atoms with van der Waals surface area (Å²) in [5, 5.41) is 2.52. The maximum Gasteiger partial charge on any atom is 0.397 e. The molecule has 0 saturated heterocycles. The van der Waals surface area contributed by atoms with Crippen LogP contribution < -0.4 is 11.1 Å². The lowest BCUT2D eigenvalue weighted by molar-refractivity contribution is 0.278. The number of rotatable bonds is 6. The summed E-state index contributed by atoms with van der Waals surface area (Å²) < 4.78 is 64.0. The van der Waals surface area contributed by atoms with Crippen molar-refractivity contribution in [2.75, 3.05) is 24.2 Å². The van der Waals surface area contributed by atoms with Crippen LogP contribution in [0.5, 0.6) is 0 Å². The van der Waals surface area contributed by atoms with Crippen molar-refractivity contribution >= 4 is 31.9 Å². The molecule has 5 N–H and O–H groups in total. The molecule has 1 rings (SSSR count). The Morgan fingerprint density at radius 1 is 1.21 bits per heavy atom. The number of nitrogen functional groups attached to an aromatic ring is 1. The van der Waals surface area contributed by atoms with E-state index in [1.165, 1.54) is 12.1 Å². The summed E-state index contributed by atoms with van der Waals surface area (Å²) in [4.78, 5) is -0.445. The quantitative estimate of drug-likeness (QED) is 0.316. The Bertz CT molecular complexity index is 654. The van der Waals surface area contributed by atoms with Crippen LogP contribution in [-0.2, 0) is 24.7 Å². The highest BCUT2D eigenvalue weighted by Crippen LogP contribution is 2.23. The predicted octanol–water partition coefficient (Wildman–Crippen LogP) is -0.253. The van der Waals surface area contributed by atoms with Gasteiger partial charge in [-0.3, -0.25) is 9.11 Å². The van der Waals surface area contributed by atoms with Gasteiger partial charge in [-0.2, -0.15) is 16.8 Å². The highest BCUT2D eigenvalue weighted by Gasteiger charge is 2.15. The first kappa shape index (κ1) is 15.7. The molecule has 108 valence electrons. The lowest BCUT2D eigenvalue weighted by Crippen LogP contribution is -2.15. The molecule has 0 bridgehead atoms. The van der Waals surface area contributed by atoms with Crippen LogP contribution in [0.4, 0.5) is 11.4 Å². The smallest absolute Gasteiger partial charge is 0.397 e. The summed E-state index contributed by atoms with van der Waals surface area (Å²) in [6.07, 6.45) is 0. The van der Waals surface area contributed by atoms with Crippen LogP contribution in [0.25, 0.3) is 0 Å². The second-order valence-electron chi connectivity index (χ2n) is 3.41. The molecule has 0 heterocycles. The number of benzene rings is 1. The third kappa shape index (κ3) is 5.40. The van der Waals surface area contributed by atoms with Crippen molar-refractivity contribution in [2.45, 2.75) is 4.90 Å². The summed E-state index contributed by atoms with van der Waals surface area (Å²) in [5.74, 6) is 0. The molecule has 0 atom stereocenters. The molecule has 11 heteroatoms. The van der Waals surface area contributed by atoms with Crippen LogP contribution >= 0.6 is 0 Å². The Kier molecular flexibility index (Phi) is 4.70. The third-order valence-corrected chi connectivity index (χ3v) is 3.29. The maximum absolute atomic E-state index is 11.1. The van der Waals surface area contributed by atoms with Crippen LogP contribution in [0.2, 0.25) is 0 Å². The number of hydrogen-bond donors (Lipinski definition) is 4. The molecular formula is C8H12N2O7S2. The van der Waals surface area contributed by atoms with Gasteiger partial charge in [0.05, 0.1) is 12.3 Å². The van der Waals surface area contributed by atoms with Crippen LogP contribution in [0.1, 0.15) is 0 Å². The van der Waals surface area contributed by atoms with Crippen molar-refractivity contribution in [2.24, 2.45) is 0 Å². The van der Waals surface area contributed by atoms with Crippen molar-refractivity contribution < 1.29 is 30.1 Å². The molecule has 0 aliphatic heterocycles. The number of anilines is 2. The fourth-order valence-electron chi connectivity index (χ4n) is 1.23. The van der Waals surface area contributed by atoms with Crippen molar-refractivity contribution in [3.63, 3.8) is 0 Å². The first-order valence-corrected chi connectivity index (χ1v) is 7.63. The van der Waals surface area contributed by atoms with Crippen LogP contribution in [0.15, 0.2) is 23.1 Å². The first-order chi connectivity index (χ1) is 8.59. The molecule has 9 nitrogen and oxygen atoms in total. The van der Waals surface area contributed by atoms with Gasteiger partial charge in [0.1, 0.15) is 4.90 Å². The molecule has 0 aromatic heterocycles. The molecule has 0 fully saturated rings. The second kappa shape index (κ2) is 5.71. The molecule has 0 saturated carbocycles. The minimum Gasteiger partial charge on any atom is -0.399 e. The summed E-state index contributed by atoms with van der Waals surface area (Å²) >= 11 is 0. The van der Waals surface area contributed by atoms with Gasteiger partial charge in [0.15, 0.2) is 0 Å². The van der Waals surface area contributed by atoms with Gasteiger partial charge in [-0.25, -0.2) is 4.18 Å². The van der Waals surface area contributed by atoms with Crippen molar-refractivity contribution in [3.8, 4) is 0 Å². The molecular weight excluding hydrogens is 300 g/mol. The van der Waals surface area contributed by atoms with Gasteiger partial charge in [0, 0.05) is 12.2 Å². The monoisotopic (exact) mass is 312 g/mol. The zero-order valence-electron chi connectivity index (χ0n) is 9.48. The predicted molar refractivity (Wildman–Crippen MR) is 66.7 cm³/mol. The Morgan fingerprint density at radius 2 is 1.84 bits per heavy atom. The third-order valence-electron chi connectivity index (χ3n) is 1.93. The van der Waals surface area contributed by atoms with Gasteiger partial charge in [0.25, 0.3) is 10.1 Å². The van der Waals surface area contributed by atoms with E-state index in [1.54, 1.807) is 0 Å². The minimum atomic E-state index is -4.55. The average molecular weight is 312 g/mol. The zero-order chi connectivity index (χ0) is 14.7. The number of nitrogens with one attached hydrogen (secondary N) is 1. The van der Waals surface area contributed by atoms with Crippen LogP contribution in [0, 0.1) is 0 Å². The lowest BCUT2D eigenvalue weighted by Gasteiger charge is -2.10. The van der Waals surface area contributed by atoms with E-state index in [0.717, 1.165) is 6.07 Å². The Hall–Kier alpha value is -1.40. The van der Waals surface area contributed by atoms with E-state index in [4.69, 9.17) is 14.8 Å². The Morgan fingerprint density at radius 3 is 2.37 bits per heavy atom. The van der Waals surface area contributed by atoms with E-state index in [-0.39, 0.29) is 17.9 Å². The molecule has 1 aromatic carbocycles. The van der Waals surface area contributed by atoms with E-state index < -0.39 is 32.0 Å². The van der Waals surface area contributed by atoms with Gasteiger partial charge in [-0.05, 0) is 18.2 Å². The average Bonchev–Trinajstić information content (AvgIpc) is 2.23. The standard InChI is InChI=1S/C8H12N2O7S2/c9-6-1-2-7(8(5-6)18(11,12)13)10-3-4-17-19(14,15)16/h1-2,5,10H,3-4,9H2,(H,11,12,13)(H,14,15,16). The fourth-order valence-corrected chi connectivity index (χ4v) is 2.23. The van der Waals surface area contributed by atoms with Crippen molar-refractivity contribution in [1.82, 2.24) is 0 Å². The number of hydrogen-bond acceptors (Lipinski definition) is 7. The van der Waals surface area contributed by atoms with E-state index >= 15 is 0 Å². The highest BCUT2D eigenvalue weighted by atomic mass is 32.3. The van der Waals surface area contributed by atoms with Gasteiger partial charge >= 0.3 is 10.4 Å². The van der Waals surface area contributed by atoms with E-state index in [1.807, 2.05) is 0 Å². The topological polar surface area (TPSA) is 156 Å². The molecule has 0 radical (unpaired) electrons. The maximum atomic E-state index is 11.1. The van der Waals surface area contributed by atoms with E-state index in [0.29, 0.717) is 0 Å². The molecule has 0 aliphatic rings. The van der Waals surface area contributed by atoms with Crippen LogP contribution in [0.3, 0.4) is 0 Å². The Balaban J connectivity index is 2.79. The van der Waals surface area contributed by atoms with Gasteiger partial charge in [-0.1, -0.05) is 0 Å². The van der Waals surface area contributed by atoms with Crippen molar-refractivity contribution in [3.05, 3.63) is 18.2 Å². The van der Waals surface area contributed by atoms with Gasteiger partial charge < -0.3 is 11.1 Å². The summed E-state index contributed by atoms with van der Waals surface area (Å²) in [6, 6.07) is 3.73. The van der Waals surface area contributed by atoms with Gasteiger partial charge in [-0.15, -0.1) is 0 Å². The minimum absolute atomic E-state index is 0.0237. The summed E-state index contributed by atoms with van der Waals surface area (Å²) in [7, 11) is -9.02. The molecule has 0 unspecified atom stereocenters. The van der Waals surface area contributed by atoms with E-state index in [2.05, 4.69) is 9.50 Å². The van der Waals surface area contributed by atoms with Gasteiger partial charge in [0.2, 0.25) is 0 Å². The summed E-state index contributed by atoms with van der Waals surface area (Å²) in [6.45, 7) is -0.541. The molecule has 0 amide bonds.